The van der Waals surface area contributed by atoms with Gasteiger partial charge in [0.15, 0.2) is 0 Å². The molecule has 0 amide bonds. The summed E-state index contributed by atoms with van der Waals surface area (Å²) in [5.41, 5.74) is 0. The first-order chi connectivity index (χ1) is 6.45. The van der Waals surface area contributed by atoms with Crippen molar-refractivity contribution in [3.05, 3.63) is 67.8 Å². The SMILES string of the molecule is I.c1ccc([I-]c2ccccc2)cc1. The standard InChI is InChI=1S/C12H10I.HI/c1-3-7-11(8-4-1)13-12-9-5-2-6-10-12;/h1-10H;1H/q-1;. The fraction of sp³-hybridized carbons (Fsp3) is 0. The summed E-state index contributed by atoms with van der Waals surface area (Å²) in [4.78, 5) is 0. The Balaban J connectivity index is 0.000000980. The Morgan fingerprint density at radius 3 is 1.29 bits per heavy atom. The zero-order valence-electron chi connectivity index (χ0n) is 7.56. The van der Waals surface area contributed by atoms with Crippen molar-refractivity contribution in [2.75, 3.05) is 0 Å². The van der Waals surface area contributed by atoms with Crippen LogP contribution in [0.25, 0.3) is 0 Å². The Labute approximate surface area is 112 Å². The molecular formula is C12H11I2-. The van der Waals surface area contributed by atoms with E-state index in [1.54, 1.807) is 0 Å². The first-order valence-corrected chi connectivity index (χ1v) is 6.36. The predicted molar refractivity (Wildman–Crippen MR) is 65.7 cm³/mol. The van der Waals surface area contributed by atoms with Gasteiger partial charge < -0.3 is 0 Å². The summed E-state index contributed by atoms with van der Waals surface area (Å²) in [6.07, 6.45) is 0. The summed E-state index contributed by atoms with van der Waals surface area (Å²) in [5, 5.41) is 0. The van der Waals surface area contributed by atoms with Crippen LogP contribution in [-0.2, 0) is 0 Å². The molecule has 2 aromatic carbocycles. The van der Waals surface area contributed by atoms with Gasteiger partial charge in [-0.3, -0.25) is 0 Å². The Hall–Kier alpha value is -0.100. The minimum atomic E-state index is 0. The van der Waals surface area contributed by atoms with Crippen molar-refractivity contribution in [3.8, 4) is 0 Å². The van der Waals surface area contributed by atoms with Gasteiger partial charge in [0, 0.05) is 0 Å². The summed E-state index contributed by atoms with van der Waals surface area (Å²) < 4.78 is 2.96. The summed E-state index contributed by atoms with van der Waals surface area (Å²) in [6, 6.07) is 21.4. The molecule has 2 rings (SSSR count). The summed E-state index contributed by atoms with van der Waals surface area (Å²) >= 11 is 0.0287. The zero-order valence-corrected chi connectivity index (χ0v) is 12.0. The second kappa shape index (κ2) is 6.40. The number of hydrogen-bond donors (Lipinski definition) is 0. The molecule has 0 heterocycles. The summed E-state index contributed by atoms with van der Waals surface area (Å²) in [6.45, 7) is 0. The Kier molecular flexibility index (Phi) is 5.47. The Bertz CT molecular complexity index is 319. The van der Waals surface area contributed by atoms with Crippen LogP contribution in [0.1, 0.15) is 0 Å². The quantitative estimate of drug-likeness (QED) is 0.632. The molecule has 0 saturated carbocycles. The summed E-state index contributed by atoms with van der Waals surface area (Å²) in [7, 11) is 0. The monoisotopic (exact) mass is 409 g/mol. The maximum atomic E-state index is 2.21. The van der Waals surface area contributed by atoms with Crippen LogP contribution in [-0.4, -0.2) is 0 Å². The molecule has 0 saturated heterocycles. The second-order valence-electron chi connectivity index (χ2n) is 2.69. The van der Waals surface area contributed by atoms with E-state index >= 15 is 0 Å². The van der Waals surface area contributed by atoms with Gasteiger partial charge in [-0.05, 0) is 0 Å². The van der Waals surface area contributed by atoms with E-state index in [0.717, 1.165) is 0 Å². The molecule has 0 nitrogen and oxygen atoms in total. The van der Waals surface area contributed by atoms with E-state index in [1.165, 1.54) is 7.14 Å². The van der Waals surface area contributed by atoms with Gasteiger partial charge in [0.1, 0.15) is 0 Å². The Morgan fingerprint density at radius 2 is 0.929 bits per heavy atom. The topological polar surface area (TPSA) is 0 Å². The van der Waals surface area contributed by atoms with Crippen LogP contribution in [0.4, 0.5) is 0 Å². The van der Waals surface area contributed by atoms with Crippen molar-refractivity contribution in [2.24, 2.45) is 0 Å². The normalized spacial score (nSPS) is 9.43. The van der Waals surface area contributed by atoms with Crippen LogP contribution < -0.4 is 21.2 Å². The van der Waals surface area contributed by atoms with Crippen molar-refractivity contribution >= 4 is 24.0 Å². The molecule has 0 aliphatic carbocycles. The fourth-order valence-electron chi connectivity index (χ4n) is 1.08. The van der Waals surface area contributed by atoms with Crippen molar-refractivity contribution in [1.82, 2.24) is 0 Å². The molecule has 0 spiro atoms. The third-order valence-corrected chi connectivity index (χ3v) is 4.37. The van der Waals surface area contributed by atoms with Gasteiger partial charge in [0.25, 0.3) is 0 Å². The molecular weight excluding hydrogens is 398 g/mol. The molecule has 0 unspecified atom stereocenters. The first-order valence-electron chi connectivity index (χ1n) is 4.20. The molecule has 0 fully saturated rings. The van der Waals surface area contributed by atoms with Crippen molar-refractivity contribution in [3.63, 3.8) is 0 Å². The van der Waals surface area contributed by atoms with Gasteiger partial charge >= 0.3 is 89.0 Å². The van der Waals surface area contributed by atoms with E-state index in [1.807, 2.05) is 0 Å². The number of halogens is 2. The van der Waals surface area contributed by atoms with E-state index < -0.39 is 0 Å². The van der Waals surface area contributed by atoms with Gasteiger partial charge in [-0.2, -0.15) is 0 Å². The van der Waals surface area contributed by atoms with E-state index in [-0.39, 0.29) is 45.2 Å². The Morgan fingerprint density at radius 1 is 0.571 bits per heavy atom. The third kappa shape index (κ3) is 3.57. The van der Waals surface area contributed by atoms with Gasteiger partial charge in [0.2, 0.25) is 0 Å². The van der Waals surface area contributed by atoms with Crippen molar-refractivity contribution < 1.29 is 21.2 Å². The number of rotatable bonds is 2. The molecule has 2 heteroatoms. The second-order valence-corrected chi connectivity index (χ2v) is 5.72. The molecule has 0 aromatic heterocycles. The minimum absolute atomic E-state index is 0. The molecule has 2 aromatic rings. The fourth-order valence-corrected chi connectivity index (χ4v) is 3.35. The van der Waals surface area contributed by atoms with E-state index in [4.69, 9.17) is 0 Å². The van der Waals surface area contributed by atoms with E-state index in [9.17, 15) is 0 Å². The van der Waals surface area contributed by atoms with Gasteiger partial charge in [-0.25, -0.2) is 0 Å². The van der Waals surface area contributed by atoms with E-state index in [2.05, 4.69) is 60.7 Å². The average Bonchev–Trinajstić information content (AvgIpc) is 2.21. The van der Waals surface area contributed by atoms with Crippen LogP contribution in [0, 0.1) is 7.14 Å². The van der Waals surface area contributed by atoms with Crippen LogP contribution >= 0.6 is 24.0 Å². The van der Waals surface area contributed by atoms with Crippen LogP contribution in [0.5, 0.6) is 0 Å². The molecule has 74 valence electrons. The molecule has 0 aliphatic rings. The molecule has 0 aliphatic heterocycles. The first kappa shape index (κ1) is 12.0. The third-order valence-electron chi connectivity index (χ3n) is 1.68. The maximum absolute atomic E-state index is 2.21. The van der Waals surface area contributed by atoms with Gasteiger partial charge in [-0.15, -0.1) is 24.0 Å². The molecule has 14 heavy (non-hydrogen) atoms. The van der Waals surface area contributed by atoms with Gasteiger partial charge in [-0.1, -0.05) is 0 Å². The predicted octanol–water partition coefficient (Wildman–Crippen LogP) is 0.433. The molecule has 0 N–H and O–H groups in total. The van der Waals surface area contributed by atoms with Crippen LogP contribution in [0.15, 0.2) is 60.7 Å². The summed E-state index contributed by atoms with van der Waals surface area (Å²) in [5.74, 6) is 0. The van der Waals surface area contributed by atoms with Crippen LogP contribution in [0.3, 0.4) is 0 Å². The average molecular weight is 409 g/mol. The molecule has 0 atom stereocenters. The number of benzene rings is 2. The molecule has 0 bridgehead atoms. The van der Waals surface area contributed by atoms with Gasteiger partial charge in [0.05, 0.1) is 0 Å². The molecule has 0 radical (unpaired) electrons. The van der Waals surface area contributed by atoms with Crippen LogP contribution in [0.2, 0.25) is 0 Å². The van der Waals surface area contributed by atoms with Crippen molar-refractivity contribution in [2.45, 2.75) is 0 Å². The number of hydrogen-bond acceptors (Lipinski definition) is 0. The zero-order chi connectivity index (χ0) is 8.93. The van der Waals surface area contributed by atoms with Crippen molar-refractivity contribution in [1.29, 1.82) is 0 Å². The van der Waals surface area contributed by atoms with E-state index in [0.29, 0.717) is 0 Å².